The Balaban J connectivity index is 1.54. The maximum absolute atomic E-state index is 15.4. The average molecular weight is 477 g/mol. The smallest absolute Gasteiger partial charge is 0.132 e. The van der Waals surface area contributed by atoms with Crippen molar-refractivity contribution in [3.8, 4) is 0 Å². The van der Waals surface area contributed by atoms with E-state index in [0.717, 1.165) is 5.30 Å². The van der Waals surface area contributed by atoms with Gasteiger partial charge >= 0.3 is 0 Å². The van der Waals surface area contributed by atoms with Crippen molar-refractivity contribution < 1.29 is 4.39 Å². The number of rotatable bonds is 4. The molecule has 3 aromatic carbocycles. The van der Waals surface area contributed by atoms with Crippen molar-refractivity contribution >= 4 is 41.3 Å². The summed E-state index contributed by atoms with van der Waals surface area (Å²) >= 11 is 0. The standard InChI is InChI=1S/C27H27FNP3/c1-30-27-18-17-24(19-9-3-2-4-10-19)32(27)29-23-16-15-20(23)21-11-5-7-13-25(21)31(29)26-14-8-6-12-22(26)28/h2-14,20,23-24,27H,1,15-18H2/t20?,23?,24-,27-,31?,32?/m1/s1. The van der Waals surface area contributed by atoms with E-state index in [1.807, 2.05) is 18.2 Å². The molecule has 4 unspecified atom stereocenters. The van der Waals surface area contributed by atoms with Crippen LogP contribution < -0.4 is 10.6 Å². The number of hydrogen-bond donors (Lipinski definition) is 0. The Morgan fingerprint density at radius 1 is 0.812 bits per heavy atom. The highest BCUT2D eigenvalue weighted by Gasteiger charge is 2.53. The third kappa shape index (κ3) is 3.35. The van der Waals surface area contributed by atoms with Crippen molar-refractivity contribution in [3.63, 3.8) is 0 Å². The molecule has 32 heavy (non-hydrogen) atoms. The van der Waals surface area contributed by atoms with Gasteiger partial charge in [-0.05, 0) is 62.3 Å². The second kappa shape index (κ2) is 8.74. The first-order valence-corrected chi connectivity index (χ1v) is 15.4. The Kier molecular flexibility index (Phi) is 5.77. The molecular weight excluding hydrogens is 450 g/mol. The van der Waals surface area contributed by atoms with Crippen molar-refractivity contribution in [1.82, 2.24) is 4.44 Å². The van der Waals surface area contributed by atoms with E-state index < -0.39 is 16.1 Å². The molecule has 0 amide bonds. The van der Waals surface area contributed by atoms with Crippen LogP contribution in [0, 0.1) is 5.82 Å². The van der Waals surface area contributed by atoms with Gasteiger partial charge in [-0.15, -0.1) is 8.20 Å². The maximum atomic E-state index is 15.4. The number of benzene rings is 3. The van der Waals surface area contributed by atoms with Crippen molar-refractivity contribution in [3.05, 3.63) is 95.8 Å². The van der Waals surface area contributed by atoms with Gasteiger partial charge < -0.3 is 0 Å². The van der Waals surface area contributed by atoms with Gasteiger partial charge in [-0.1, -0.05) is 73.0 Å². The Labute approximate surface area is 194 Å². The lowest BCUT2D eigenvalue weighted by Crippen LogP contribution is -2.50. The molecule has 0 aromatic heterocycles. The highest BCUT2D eigenvalue weighted by atomic mass is 31.2. The molecule has 0 N–H and O–H groups in total. The predicted octanol–water partition coefficient (Wildman–Crippen LogP) is 7.37. The summed E-state index contributed by atoms with van der Waals surface area (Å²) in [6, 6.07) is 28.1. The topological polar surface area (TPSA) is 3.24 Å². The summed E-state index contributed by atoms with van der Waals surface area (Å²) < 4.78 is 18.2. The van der Waals surface area contributed by atoms with E-state index >= 15 is 4.39 Å². The minimum atomic E-state index is -0.887. The molecule has 2 heterocycles. The fourth-order valence-electron chi connectivity index (χ4n) is 5.74. The van der Waals surface area contributed by atoms with Gasteiger partial charge in [0.05, 0.1) is 0 Å². The number of halogens is 1. The van der Waals surface area contributed by atoms with E-state index in [0.29, 0.717) is 23.0 Å². The summed E-state index contributed by atoms with van der Waals surface area (Å²) in [6.07, 6.45) is 9.29. The molecule has 2 fully saturated rings. The summed E-state index contributed by atoms with van der Waals surface area (Å²) in [6.45, 7) is 0. The van der Waals surface area contributed by atoms with Crippen LogP contribution in [0.4, 0.5) is 4.39 Å². The SMILES string of the molecule is C=P[C@H]1CC[C@H](c2ccccc2)P1N1C2CCC2c2ccccc2P1c1ccccc1F. The summed E-state index contributed by atoms with van der Waals surface area (Å²) in [5, 5.41) is 2.88. The third-order valence-corrected chi connectivity index (χ3v) is 15.6. The lowest BCUT2D eigenvalue weighted by Gasteiger charge is -2.56. The molecule has 0 spiro atoms. The van der Waals surface area contributed by atoms with E-state index in [2.05, 4.69) is 65.3 Å². The van der Waals surface area contributed by atoms with Gasteiger partial charge in [0.15, 0.2) is 0 Å². The van der Waals surface area contributed by atoms with E-state index in [-0.39, 0.29) is 5.82 Å². The lowest BCUT2D eigenvalue weighted by atomic mass is 9.75. The molecule has 0 radical (unpaired) electrons. The van der Waals surface area contributed by atoms with Crippen LogP contribution in [0.25, 0.3) is 0 Å². The second-order valence-electron chi connectivity index (χ2n) is 8.94. The molecule has 1 saturated carbocycles. The number of fused-ring (bicyclic) bond motifs is 3. The summed E-state index contributed by atoms with van der Waals surface area (Å²) in [5.41, 5.74) is 3.49. The van der Waals surface area contributed by atoms with Crippen LogP contribution in [0.15, 0.2) is 78.9 Å². The molecule has 5 heteroatoms. The summed E-state index contributed by atoms with van der Waals surface area (Å²) in [4.78, 5) is 0. The molecule has 6 atom stereocenters. The summed E-state index contributed by atoms with van der Waals surface area (Å²) in [7, 11) is -0.0972. The Morgan fingerprint density at radius 2 is 1.53 bits per heavy atom. The molecule has 1 nitrogen and oxygen atoms in total. The van der Waals surface area contributed by atoms with Gasteiger partial charge in [0.25, 0.3) is 0 Å². The van der Waals surface area contributed by atoms with Crippen molar-refractivity contribution in [2.45, 2.75) is 48.7 Å². The minimum absolute atomic E-state index is 0.0506. The molecular formula is C27H27FNP3. The van der Waals surface area contributed by atoms with Gasteiger partial charge in [-0.3, -0.25) is 0 Å². The van der Waals surface area contributed by atoms with Crippen molar-refractivity contribution in [2.24, 2.45) is 0 Å². The van der Waals surface area contributed by atoms with E-state index in [4.69, 9.17) is 0 Å². The fraction of sp³-hybridized carbons (Fsp3) is 0.296. The van der Waals surface area contributed by atoms with Crippen molar-refractivity contribution in [2.75, 3.05) is 0 Å². The molecule has 3 aliphatic rings. The van der Waals surface area contributed by atoms with Gasteiger partial charge in [0, 0.05) is 36.4 Å². The first-order valence-electron chi connectivity index (χ1n) is 11.5. The average Bonchev–Trinajstić information content (AvgIpc) is 3.24. The first-order chi connectivity index (χ1) is 15.8. The van der Waals surface area contributed by atoms with Gasteiger partial charge in [0.2, 0.25) is 0 Å². The molecule has 162 valence electrons. The zero-order chi connectivity index (χ0) is 21.7. The zero-order valence-electron chi connectivity index (χ0n) is 18.0. The van der Waals surface area contributed by atoms with E-state index in [1.165, 1.54) is 50.3 Å². The van der Waals surface area contributed by atoms with Gasteiger partial charge in [0.1, 0.15) is 5.82 Å². The Bertz CT molecular complexity index is 1140. The second-order valence-corrected chi connectivity index (χ2v) is 15.1. The zero-order valence-corrected chi connectivity index (χ0v) is 20.7. The number of nitrogens with zero attached hydrogens (tertiary/aromatic N) is 1. The monoisotopic (exact) mass is 477 g/mol. The van der Waals surface area contributed by atoms with Gasteiger partial charge in [-0.2, -0.15) is 0 Å². The largest absolute Gasteiger partial charge is 0.247 e. The molecule has 1 aliphatic carbocycles. The molecule has 0 bridgehead atoms. The molecule has 3 aromatic rings. The van der Waals surface area contributed by atoms with Crippen LogP contribution in [0.2, 0.25) is 0 Å². The highest BCUT2D eigenvalue weighted by Crippen LogP contribution is 2.77. The van der Waals surface area contributed by atoms with Crippen LogP contribution in [-0.2, 0) is 0 Å². The third-order valence-electron chi connectivity index (χ3n) is 7.34. The molecule has 6 rings (SSSR count). The van der Waals surface area contributed by atoms with Crippen LogP contribution in [0.1, 0.15) is 48.4 Å². The van der Waals surface area contributed by atoms with Crippen LogP contribution in [0.3, 0.4) is 0 Å². The molecule has 2 aliphatic heterocycles. The van der Waals surface area contributed by atoms with Gasteiger partial charge in [-0.25, -0.2) is 8.83 Å². The molecule has 1 saturated heterocycles. The van der Waals surface area contributed by atoms with Crippen LogP contribution in [0.5, 0.6) is 0 Å². The Hall–Kier alpha value is -1.42. The van der Waals surface area contributed by atoms with Crippen molar-refractivity contribution in [1.29, 1.82) is 0 Å². The first kappa shape index (κ1) is 21.1. The quantitative estimate of drug-likeness (QED) is 0.355. The minimum Gasteiger partial charge on any atom is -0.247 e. The maximum Gasteiger partial charge on any atom is 0.132 e. The lowest BCUT2D eigenvalue weighted by molar-refractivity contribution is 0.256. The Morgan fingerprint density at radius 3 is 2.25 bits per heavy atom. The number of hydrogen-bond acceptors (Lipinski definition) is 1. The van der Waals surface area contributed by atoms with Crippen LogP contribution >= 0.6 is 24.3 Å². The van der Waals surface area contributed by atoms with E-state index in [9.17, 15) is 0 Å². The summed E-state index contributed by atoms with van der Waals surface area (Å²) in [5.74, 6) is 0.545. The van der Waals surface area contributed by atoms with E-state index in [1.54, 1.807) is 6.07 Å². The normalized spacial score (nSPS) is 31.7. The van der Waals surface area contributed by atoms with Crippen LogP contribution in [-0.4, -0.2) is 22.2 Å². The highest BCUT2D eigenvalue weighted by molar-refractivity contribution is 7.82. The predicted molar refractivity (Wildman–Crippen MR) is 140 cm³/mol. The fourth-order valence-corrected chi connectivity index (χ4v) is 15.3.